The Morgan fingerprint density at radius 2 is 2.23 bits per heavy atom. The Balaban J connectivity index is 0.00000243. The fraction of sp³-hybridized carbons (Fsp3) is 0.579. The standard InChI is InChI=1S/C19H27N3O3.ClH/c1-13-3-4-17(25-2)16(9-13)22-12-15(10-18(22)23)19(24)21-8-6-14-5-7-20-11-14;/h3-4,9,14-15,20H,5-8,10-12H2,1-2H3,(H,21,24);1H. The van der Waals surface area contributed by atoms with E-state index in [2.05, 4.69) is 10.6 Å². The number of rotatable bonds is 6. The van der Waals surface area contributed by atoms with Gasteiger partial charge in [0, 0.05) is 19.5 Å². The maximum absolute atomic E-state index is 12.4. The number of nitrogens with zero attached hydrogens (tertiary/aromatic N) is 1. The van der Waals surface area contributed by atoms with Gasteiger partial charge in [0.15, 0.2) is 0 Å². The highest BCUT2D eigenvalue weighted by molar-refractivity contribution is 6.01. The van der Waals surface area contributed by atoms with Crippen molar-refractivity contribution in [1.29, 1.82) is 0 Å². The summed E-state index contributed by atoms with van der Waals surface area (Å²) in [5.74, 6) is 0.976. The molecule has 7 heteroatoms. The molecule has 2 aliphatic rings. The van der Waals surface area contributed by atoms with Crippen LogP contribution in [0.4, 0.5) is 5.69 Å². The number of methoxy groups -OCH3 is 1. The molecular formula is C19H28ClN3O3. The Kier molecular flexibility index (Phi) is 7.29. The van der Waals surface area contributed by atoms with Gasteiger partial charge < -0.3 is 20.3 Å². The molecule has 0 aromatic heterocycles. The summed E-state index contributed by atoms with van der Waals surface area (Å²) in [5.41, 5.74) is 1.81. The number of nitrogens with one attached hydrogen (secondary N) is 2. The first kappa shape index (κ1) is 20.5. The van der Waals surface area contributed by atoms with Gasteiger partial charge in [-0.2, -0.15) is 0 Å². The number of benzene rings is 1. The molecule has 0 saturated carbocycles. The van der Waals surface area contributed by atoms with E-state index >= 15 is 0 Å². The summed E-state index contributed by atoms with van der Waals surface area (Å²) in [5, 5.41) is 6.34. The number of amides is 2. The molecule has 2 N–H and O–H groups in total. The Hall–Kier alpha value is -1.79. The van der Waals surface area contributed by atoms with Gasteiger partial charge >= 0.3 is 0 Å². The van der Waals surface area contributed by atoms with Crippen molar-refractivity contribution in [1.82, 2.24) is 10.6 Å². The van der Waals surface area contributed by atoms with Crippen molar-refractivity contribution in [3.63, 3.8) is 0 Å². The van der Waals surface area contributed by atoms with E-state index in [1.807, 2.05) is 25.1 Å². The van der Waals surface area contributed by atoms with E-state index in [1.165, 1.54) is 6.42 Å². The second-order valence-electron chi connectivity index (χ2n) is 7.02. The summed E-state index contributed by atoms with van der Waals surface area (Å²) in [6.07, 6.45) is 2.43. The van der Waals surface area contributed by atoms with Crippen molar-refractivity contribution in [2.24, 2.45) is 11.8 Å². The van der Waals surface area contributed by atoms with Crippen molar-refractivity contribution in [2.75, 3.05) is 38.2 Å². The second-order valence-corrected chi connectivity index (χ2v) is 7.02. The smallest absolute Gasteiger partial charge is 0.227 e. The Labute approximate surface area is 161 Å². The molecule has 2 amide bonds. The van der Waals surface area contributed by atoms with Gasteiger partial charge in [-0.1, -0.05) is 6.07 Å². The van der Waals surface area contributed by atoms with E-state index < -0.39 is 0 Å². The highest BCUT2D eigenvalue weighted by atomic mass is 35.5. The van der Waals surface area contributed by atoms with Gasteiger partial charge in [0.1, 0.15) is 5.75 Å². The summed E-state index contributed by atoms with van der Waals surface area (Å²) in [6, 6.07) is 5.75. The molecule has 0 spiro atoms. The number of carbonyl (C=O) groups excluding carboxylic acids is 2. The van der Waals surface area contributed by atoms with Crippen LogP contribution in [0.2, 0.25) is 0 Å². The van der Waals surface area contributed by atoms with E-state index in [0.717, 1.165) is 30.8 Å². The van der Waals surface area contributed by atoms with E-state index in [-0.39, 0.29) is 36.6 Å². The highest BCUT2D eigenvalue weighted by Crippen LogP contribution is 2.33. The quantitative estimate of drug-likeness (QED) is 0.789. The highest BCUT2D eigenvalue weighted by Gasteiger charge is 2.36. The lowest BCUT2D eigenvalue weighted by molar-refractivity contribution is -0.126. The van der Waals surface area contributed by atoms with Crippen molar-refractivity contribution in [3.05, 3.63) is 23.8 Å². The first-order valence-electron chi connectivity index (χ1n) is 9.02. The molecule has 2 unspecified atom stereocenters. The molecule has 0 aliphatic carbocycles. The number of hydrogen-bond acceptors (Lipinski definition) is 4. The molecule has 1 aromatic rings. The van der Waals surface area contributed by atoms with Crippen LogP contribution >= 0.6 is 12.4 Å². The van der Waals surface area contributed by atoms with Gasteiger partial charge in [-0.3, -0.25) is 9.59 Å². The van der Waals surface area contributed by atoms with Gasteiger partial charge in [-0.25, -0.2) is 0 Å². The molecule has 26 heavy (non-hydrogen) atoms. The fourth-order valence-corrected chi connectivity index (χ4v) is 3.63. The van der Waals surface area contributed by atoms with Crippen molar-refractivity contribution < 1.29 is 14.3 Å². The Bertz CT molecular complexity index is 647. The predicted molar refractivity (Wildman–Crippen MR) is 104 cm³/mol. The molecule has 2 aliphatic heterocycles. The van der Waals surface area contributed by atoms with Crippen LogP contribution in [0.5, 0.6) is 5.75 Å². The number of hydrogen-bond donors (Lipinski definition) is 2. The van der Waals surface area contributed by atoms with E-state index in [9.17, 15) is 9.59 Å². The predicted octanol–water partition coefficient (Wildman–Crippen LogP) is 1.89. The average Bonchev–Trinajstić information content (AvgIpc) is 3.24. The van der Waals surface area contributed by atoms with Crippen LogP contribution in [0.15, 0.2) is 18.2 Å². The topological polar surface area (TPSA) is 70.7 Å². The lowest BCUT2D eigenvalue weighted by Gasteiger charge is -2.20. The second kappa shape index (κ2) is 9.24. The van der Waals surface area contributed by atoms with Gasteiger partial charge in [0.25, 0.3) is 0 Å². The third kappa shape index (κ3) is 4.68. The molecule has 1 aromatic carbocycles. The third-order valence-electron chi connectivity index (χ3n) is 5.14. The molecule has 144 valence electrons. The Morgan fingerprint density at radius 1 is 1.42 bits per heavy atom. The van der Waals surface area contributed by atoms with Crippen molar-refractivity contribution in [3.8, 4) is 5.75 Å². The zero-order valence-electron chi connectivity index (χ0n) is 15.4. The first-order valence-corrected chi connectivity index (χ1v) is 9.02. The van der Waals surface area contributed by atoms with E-state index in [4.69, 9.17) is 4.74 Å². The monoisotopic (exact) mass is 381 g/mol. The van der Waals surface area contributed by atoms with Gasteiger partial charge in [0.2, 0.25) is 11.8 Å². The minimum atomic E-state index is -0.292. The molecule has 3 rings (SSSR count). The first-order chi connectivity index (χ1) is 12.1. The van der Waals surface area contributed by atoms with E-state index in [0.29, 0.717) is 24.8 Å². The van der Waals surface area contributed by atoms with Crippen LogP contribution in [0, 0.1) is 18.8 Å². The lowest BCUT2D eigenvalue weighted by atomic mass is 10.0. The summed E-state index contributed by atoms with van der Waals surface area (Å²) in [7, 11) is 1.59. The number of carbonyl (C=O) groups is 2. The largest absolute Gasteiger partial charge is 0.495 e. The van der Waals surface area contributed by atoms with Crippen molar-refractivity contribution in [2.45, 2.75) is 26.2 Å². The SMILES string of the molecule is COc1ccc(C)cc1N1CC(C(=O)NCCC2CCNC2)CC1=O.Cl. The number of anilines is 1. The summed E-state index contributed by atoms with van der Waals surface area (Å²) < 4.78 is 5.38. The zero-order valence-corrected chi connectivity index (χ0v) is 16.2. The van der Waals surface area contributed by atoms with Gasteiger partial charge in [0.05, 0.1) is 18.7 Å². The maximum Gasteiger partial charge on any atom is 0.227 e. The molecular weight excluding hydrogens is 354 g/mol. The van der Waals surface area contributed by atoms with Gasteiger partial charge in [-0.15, -0.1) is 12.4 Å². The Morgan fingerprint density at radius 3 is 2.92 bits per heavy atom. The van der Waals surface area contributed by atoms with Crippen LogP contribution in [-0.4, -0.2) is 45.1 Å². The lowest BCUT2D eigenvalue weighted by Crippen LogP contribution is -2.34. The van der Waals surface area contributed by atoms with Crippen LogP contribution in [0.1, 0.15) is 24.8 Å². The summed E-state index contributed by atoms with van der Waals surface area (Å²) in [4.78, 5) is 26.5. The average molecular weight is 382 g/mol. The number of ether oxygens (including phenoxy) is 1. The minimum absolute atomic E-state index is 0. The maximum atomic E-state index is 12.4. The van der Waals surface area contributed by atoms with Crippen molar-refractivity contribution >= 4 is 29.9 Å². The molecule has 2 saturated heterocycles. The van der Waals surface area contributed by atoms with Crippen LogP contribution in [0.25, 0.3) is 0 Å². The number of aryl methyl sites for hydroxylation is 1. The fourth-order valence-electron chi connectivity index (χ4n) is 3.63. The van der Waals surface area contributed by atoms with Gasteiger partial charge in [-0.05, 0) is 56.5 Å². The zero-order chi connectivity index (χ0) is 17.8. The number of halogens is 1. The third-order valence-corrected chi connectivity index (χ3v) is 5.14. The van der Waals surface area contributed by atoms with E-state index in [1.54, 1.807) is 12.0 Å². The molecule has 2 atom stereocenters. The normalized spacial score (nSPS) is 22.2. The molecule has 0 bridgehead atoms. The van der Waals surface area contributed by atoms with Crippen LogP contribution in [-0.2, 0) is 9.59 Å². The van der Waals surface area contributed by atoms with Crippen LogP contribution < -0.4 is 20.3 Å². The van der Waals surface area contributed by atoms with Crippen LogP contribution in [0.3, 0.4) is 0 Å². The summed E-state index contributed by atoms with van der Waals surface area (Å²) >= 11 is 0. The molecule has 2 fully saturated rings. The molecule has 6 nitrogen and oxygen atoms in total. The minimum Gasteiger partial charge on any atom is -0.495 e. The molecule has 2 heterocycles. The summed E-state index contributed by atoms with van der Waals surface area (Å²) in [6.45, 7) is 5.19. The molecule has 0 radical (unpaired) electrons.